The molecule has 0 spiro atoms. The molecule has 0 saturated heterocycles. The predicted molar refractivity (Wildman–Crippen MR) is 104 cm³/mol. The number of benzene rings is 2. The molecule has 1 aliphatic heterocycles. The van der Waals surface area contributed by atoms with E-state index < -0.39 is 0 Å². The summed E-state index contributed by atoms with van der Waals surface area (Å²) in [6.45, 7) is 3.79. The van der Waals surface area contributed by atoms with Gasteiger partial charge in [0.05, 0.1) is 26.0 Å². The zero-order chi connectivity index (χ0) is 19.2. The van der Waals surface area contributed by atoms with Crippen molar-refractivity contribution < 1.29 is 14.3 Å². The molecule has 4 rings (SSSR count). The van der Waals surface area contributed by atoms with Gasteiger partial charge in [0.15, 0.2) is 0 Å². The topological polar surface area (TPSA) is 51.1 Å². The Balaban J connectivity index is 1.84. The largest absolute Gasteiger partial charge is 0.497 e. The number of hydrazone groups is 1. The van der Waals surface area contributed by atoms with Crippen LogP contribution < -0.4 is 9.47 Å². The first-order valence-electron chi connectivity index (χ1n) is 9.18. The zero-order valence-corrected chi connectivity index (χ0v) is 16.2. The molecule has 0 saturated carbocycles. The summed E-state index contributed by atoms with van der Waals surface area (Å²) in [5.41, 5.74) is 4.13. The molecular weight excluding hydrogens is 340 g/mol. The fourth-order valence-corrected chi connectivity index (χ4v) is 4.36. The van der Waals surface area contributed by atoms with E-state index in [4.69, 9.17) is 14.6 Å². The number of rotatable bonds is 3. The minimum Gasteiger partial charge on any atom is -0.497 e. The predicted octanol–water partition coefficient (Wildman–Crippen LogP) is 3.96. The van der Waals surface area contributed by atoms with Crippen molar-refractivity contribution in [3.63, 3.8) is 0 Å². The fraction of sp³-hybridized carbons (Fsp3) is 0.364. The maximum absolute atomic E-state index is 12.4. The number of hydrogen-bond donors (Lipinski definition) is 0. The Labute approximate surface area is 159 Å². The second-order valence-electron chi connectivity index (χ2n) is 7.43. The number of aryl methyl sites for hydroxylation is 1. The third kappa shape index (κ3) is 2.69. The average Bonchev–Trinajstić information content (AvgIpc) is 3.01. The van der Waals surface area contributed by atoms with Gasteiger partial charge in [-0.1, -0.05) is 25.1 Å². The standard InChI is InChI=1S/C22H24N2O3/c1-14(25)24-21(16-6-8-17(26-3)9-7-16)22(2)12-11-15-5-10-18(27-4)13-19(15)20(22)23-24/h5-10,13,21H,11-12H2,1-4H3/t21-,22+/m1/s1. The van der Waals surface area contributed by atoms with Gasteiger partial charge in [-0.3, -0.25) is 4.79 Å². The van der Waals surface area contributed by atoms with Crippen LogP contribution in [0.25, 0.3) is 0 Å². The highest BCUT2D eigenvalue weighted by molar-refractivity contribution is 6.09. The molecule has 0 aromatic heterocycles. The van der Waals surface area contributed by atoms with Crippen molar-refractivity contribution in [3.8, 4) is 11.5 Å². The molecule has 0 bridgehead atoms. The van der Waals surface area contributed by atoms with Gasteiger partial charge in [0, 0.05) is 17.9 Å². The van der Waals surface area contributed by atoms with Gasteiger partial charge in [0.2, 0.25) is 5.91 Å². The molecule has 1 heterocycles. The molecule has 0 N–H and O–H groups in total. The van der Waals surface area contributed by atoms with Crippen molar-refractivity contribution in [2.24, 2.45) is 10.5 Å². The van der Waals surface area contributed by atoms with Crippen LogP contribution in [0.3, 0.4) is 0 Å². The SMILES string of the molecule is COc1ccc([C@H]2N(C(C)=O)N=C3c4cc(OC)ccc4CC[C@@]32C)cc1. The van der Waals surface area contributed by atoms with E-state index in [0.717, 1.165) is 41.2 Å². The maximum Gasteiger partial charge on any atom is 0.240 e. The van der Waals surface area contributed by atoms with Gasteiger partial charge in [0.1, 0.15) is 11.5 Å². The first kappa shape index (κ1) is 17.6. The maximum atomic E-state index is 12.4. The summed E-state index contributed by atoms with van der Waals surface area (Å²) < 4.78 is 10.7. The van der Waals surface area contributed by atoms with E-state index in [1.807, 2.05) is 36.4 Å². The molecule has 140 valence electrons. The molecule has 2 atom stereocenters. The highest BCUT2D eigenvalue weighted by Crippen LogP contribution is 2.52. The van der Waals surface area contributed by atoms with E-state index in [1.54, 1.807) is 26.2 Å². The zero-order valence-electron chi connectivity index (χ0n) is 16.2. The summed E-state index contributed by atoms with van der Waals surface area (Å²) in [6.07, 6.45) is 1.89. The van der Waals surface area contributed by atoms with Crippen molar-refractivity contribution in [1.82, 2.24) is 5.01 Å². The van der Waals surface area contributed by atoms with Gasteiger partial charge in [-0.2, -0.15) is 5.10 Å². The van der Waals surface area contributed by atoms with Gasteiger partial charge in [0.25, 0.3) is 0 Å². The number of hydrogen-bond acceptors (Lipinski definition) is 4. The van der Waals surface area contributed by atoms with Gasteiger partial charge in [-0.05, 0) is 48.2 Å². The van der Waals surface area contributed by atoms with Crippen LogP contribution in [0.15, 0.2) is 47.6 Å². The van der Waals surface area contributed by atoms with E-state index in [-0.39, 0.29) is 17.4 Å². The Hall–Kier alpha value is -2.82. The minimum atomic E-state index is -0.250. The van der Waals surface area contributed by atoms with Crippen LogP contribution in [0.4, 0.5) is 0 Å². The van der Waals surface area contributed by atoms with Crippen LogP contribution in [0.1, 0.15) is 43.0 Å². The van der Waals surface area contributed by atoms with Crippen molar-refractivity contribution in [3.05, 3.63) is 59.2 Å². The van der Waals surface area contributed by atoms with Crippen LogP contribution in [0, 0.1) is 5.41 Å². The smallest absolute Gasteiger partial charge is 0.240 e. The Kier molecular flexibility index (Phi) is 4.17. The Morgan fingerprint density at radius 3 is 2.41 bits per heavy atom. The lowest BCUT2D eigenvalue weighted by atomic mass is 9.66. The summed E-state index contributed by atoms with van der Waals surface area (Å²) in [6, 6.07) is 13.9. The van der Waals surface area contributed by atoms with Crippen LogP contribution in [-0.4, -0.2) is 30.8 Å². The number of amides is 1. The minimum absolute atomic E-state index is 0.0524. The summed E-state index contributed by atoms with van der Waals surface area (Å²) in [5, 5.41) is 6.46. The number of carbonyl (C=O) groups is 1. The summed E-state index contributed by atoms with van der Waals surface area (Å²) in [5.74, 6) is 1.56. The number of ether oxygens (including phenoxy) is 2. The van der Waals surface area contributed by atoms with Crippen molar-refractivity contribution in [2.45, 2.75) is 32.7 Å². The van der Waals surface area contributed by atoms with Crippen molar-refractivity contribution in [2.75, 3.05) is 14.2 Å². The van der Waals surface area contributed by atoms with E-state index in [1.165, 1.54) is 5.56 Å². The molecule has 2 aliphatic rings. The van der Waals surface area contributed by atoms with E-state index >= 15 is 0 Å². The molecule has 0 fully saturated rings. The number of carbonyl (C=O) groups excluding carboxylic acids is 1. The second-order valence-corrected chi connectivity index (χ2v) is 7.43. The van der Waals surface area contributed by atoms with E-state index in [2.05, 4.69) is 13.0 Å². The molecule has 5 heteroatoms. The van der Waals surface area contributed by atoms with Crippen LogP contribution in [-0.2, 0) is 11.2 Å². The Morgan fingerprint density at radius 1 is 1.11 bits per heavy atom. The lowest BCUT2D eigenvalue weighted by molar-refractivity contribution is -0.132. The lowest BCUT2D eigenvalue weighted by Crippen LogP contribution is -2.39. The summed E-state index contributed by atoms with van der Waals surface area (Å²) >= 11 is 0. The number of nitrogens with zero attached hydrogens (tertiary/aromatic N) is 2. The number of methoxy groups -OCH3 is 2. The van der Waals surface area contributed by atoms with Crippen LogP contribution >= 0.6 is 0 Å². The summed E-state index contributed by atoms with van der Waals surface area (Å²) in [7, 11) is 3.32. The van der Waals surface area contributed by atoms with Gasteiger partial charge >= 0.3 is 0 Å². The normalized spacial score (nSPS) is 23.3. The monoisotopic (exact) mass is 364 g/mol. The molecular formula is C22H24N2O3. The van der Waals surface area contributed by atoms with E-state index in [0.29, 0.717) is 0 Å². The molecule has 5 nitrogen and oxygen atoms in total. The molecule has 2 aromatic rings. The van der Waals surface area contributed by atoms with Gasteiger partial charge < -0.3 is 9.47 Å². The first-order valence-corrected chi connectivity index (χ1v) is 9.18. The van der Waals surface area contributed by atoms with Gasteiger partial charge in [-0.25, -0.2) is 5.01 Å². The lowest BCUT2D eigenvalue weighted by Gasteiger charge is -2.38. The Morgan fingerprint density at radius 2 is 1.78 bits per heavy atom. The highest BCUT2D eigenvalue weighted by Gasteiger charge is 2.52. The third-order valence-corrected chi connectivity index (χ3v) is 5.84. The second kappa shape index (κ2) is 6.41. The Bertz CT molecular complexity index is 920. The summed E-state index contributed by atoms with van der Waals surface area (Å²) in [4.78, 5) is 12.4. The molecule has 0 radical (unpaired) electrons. The van der Waals surface area contributed by atoms with Crippen molar-refractivity contribution in [1.29, 1.82) is 0 Å². The third-order valence-electron chi connectivity index (χ3n) is 5.84. The highest BCUT2D eigenvalue weighted by atomic mass is 16.5. The average molecular weight is 364 g/mol. The fourth-order valence-electron chi connectivity index (χ4n) is 4.36. The first-order chi connectivity index (χ1) is 13.0. The molecule has 1 aliphatic carbocycles. The quantitative estimate of drug-likeness (QED) is 0.828. The van der Waals surface area contributed by atoms with Crippen LogP contribution in [0.2, 0.25) is 0 Å². The number of fused-ring (bicyclic) bond motifs is 3. The molecule has 1 amide bonds. The van der Waals surface area contributed by atoms with E-state index in [9.17, 15) is 4.79 Å². The van der Waals surface area contributed by atoms with Crippen molar-refractivity contribution >= 4 is 11.6 Å². The van der Waals surface area contributed by atoms with Crippen LogP contribution in [0.5, 0.6) is 11.5 Å². The molecule has 0 unspecified atom stereocenters. The molecule has 2 aromatic carbocycles. The molecule has 27 heavy (non-hydrogen) atoms. The van der Waals surface area contributed by atoms with Gasteiger partial charge in [-0.15, -0.1) is 0 Å².